The van der Waals surface area contributed by atoms with Crippen molar-refractivity contribution in [3.8, 4) is 0 Å². The number of anilines is 1. The third-order valence-electron chi connectivity index (χ3n) is 4.20. The van der Waals surface area contributed by atoms with Crippen LogP contribution in [0.1, 0.15) is 12.8 Å². The predicted octanol–water partition coefficient (Wildman–Crippen LogP) is 2.37. The molecule has 26 heavy (non-hydrogen) atoms. The lowest BCUT2D eigenvalue weighted by molar-refractivity contribution is 0.127. The van der Waals surface area contributed by atoms with E-state index in [1.807, 2.05) is 0 Å². The molecule has 148 valence electrons. The van der Waals surface area contributed by atoms with Gasteiger partial charge in [0.1, 0.15) is 5.82 Å². The molecule has 1 fully saturated rings. The Kier molecular flexibility index (Phi) is 10.9. The molecule has 1 atom stereocenters. The molecule has 0 bridgehead atoms. The van der Waals surface area contributed by atoms with Crippen LogP contribution in [0.3, 0.4) is 0 Å². The molecule has 4 N–H and O–H groups in total. The highest BCUT2D eigenvalue weighted by Crippen LogP contribution is 2.31. The first-order chi connectivity index (χ1) is 12.1. The molecule has 1 saturated heterocycles. The number of guanidine groups is 1. The lowest BCUT2D eigenvalue weighted by Gasteiger charge is -2.27. The molecule has 1 unspecified atom stereocenters. The van der Waals surface area contributed by atoms with Crippen molar-refractivity contribution in [3.63, 3.8) is 0 Å². The molecule has 0 radical (unpaired) electrons. The van der Waals surface area contributed by atoms with Gasteiger partial charge in [-0.15, -0.1) is 24.0 Å². The van der Waals surface area contributed by atoms with Crippen LogP contribution in [-0.4, -0.2) is 62.6 Å². The van der Waals surface area contributed by atoms with E-state index in [-0.39, 0.29) is 36.0 Å². The summed E-state index contributed by atoms with van der Waals surface area (Å²) in [5.41, 5.74) is -0.0224. The van der Waals surface area contributed by atoms with Crippen LogP contribution in [0, 0.1) is 5.41 Å². The van der Waals surface area contributed by atoms with Gasteiger partial charge in [0.15, 0.2) is 5.96 Å². The second-order valence-corrected chi connectivity index (χ2v) is 6.88. The van der Waals surface area contributed by atoms with Gasteiger partial charge in [-0.3, -0.25) is 4.99 Å². The number of pyridine rings is 1. The molecule has 0 spiro atoms. The number of nitrogens with zero attached hydrogens (tertiary/aromatic N) is 2. The number of aliphatic hydroxyl groups excluding tert-OH is 1. The molecule has 1 aromatic heterocycles. The van der Waals surface area contributed by atoms with E-state index >= 15 is 0 Å². The fraction of sp³-hybridized carbons (Fsp3) is 0.625. The Balaban J connectivity index is 0.00000338. The molecule has 2 heterocycles. The van der Waals surface area contributed by atoms with Gasteiger partial charge in [0.25, 0.3) is 0 Å². The Hall–Kier alpha value is -0.550. The summed E-state index contributed by atoms with van der Waals surface area (Å²) in [5, 5.41) is 20.0. The molecule has 0 saturated carbocycles. The van der Waals surface area contributed by atoms with E-state index in [1.54, 1.807) is 19.3 Å². The molecule has 1 aliphatic rings. The van der Waals surface area contributed by atoms with Crippen molar-refractivity contribution in [1.29, 1.82) is 0 Å². The summed E-state index contributed by atoms with van der Waals surface area (Å²) in [6.07, 6.45) is 3.22. The third kappa shape index (κ3) is 7.22. The zero-order chi connectivity index (χ0) is 18.1. The number of hydrogen-bond acceptors (Lipinski definition) is 5. The van der Waals surface area contributed by atoms with E-state index in [9.17, 15) is 5.11 Å². The van der Waals surface area contributed by atoms with Crippen LogP contribution in [0.25, 0.3) is 0 Å². The van der Waals surface area contributed by atoms with E-state index in [1.165, 1.54) is 0 Å². The van der Waals surface area contributed by atoms with Crippen LogP contribution in [0.2, 0.25) is 10.0 Å². The van der Waals surface area contributed by atoms with E-state index in [0.29, 0.717) is 48.1 Å². The van der Waals surface area contributed by atoms with E-state index in [4.69, 9.17) is 27.9 Å². The Morgan fingerprint density at radius 1 is 1.38 bits per heavy atom. The van der Waals surface area contributed by atoms with Crippen molar-refractivity contribution in [3.05, 3.63) is 22.3 Å². The number of ether oxygens (including phenoxy) is 1. The molecule has 1 aliphatic heterocycles. The summed E-state index contributed by atoms with van der Waals surface area (Å²) in [6, 6.07) is 1.65. The maximum absolute atomic E-state index is 9.27. The number of hydrogen-bond donors (Lipinski definition) is 4. The maximum atomic E-state index is 9.27. The van der Waals surface area contributed by atoms with Crippen LogP contribution < -0.4 is 16.0 Å². The van der Waals surface area contributed by atoms with Gasteiger partial charge in [-0.25, -0.2) is 4.98 Å². The normalized spacial score (nSPS) is 19.8. The first-order valence-electron chi connectivity index (χ1n) is 8.27. The first-order valence-corrected chi connectivity index (χ1v) is 9.02. The smallest absolute Gasteiger partial charge is 0.191 e. The lowest BCUT2D eigenvalue weighted by Crippen LogP contribution is -2.45. The zero-order valence-corrected chi connectivity index (χ0v) is 18.6. The lowest BCUT2D eigenvalue weighted by atomic mass is 9.84. The van der Waals surface area contributed by atoms with Crippen molar-refractivity contribution >= 4 is 59.0 Å². The average molecular weight is 518 g/mol. The van der Waals surface area contributed by atoms with Gasteiger partial charge in [0.05, 0.1) is 16.7 Å². The molecule has 2 rings (SSSR count). The van der Waals surface area contributed by atoms with Gasteiger partial charge in [0.2, 0.25) is 0 Å². The number of halogens is 3. The van der Waals surface area contributed by atoms with Crippen molar-refractivity contribution in [2.75, 3.05) is 51.8 Å². The highest BCUT2D eigenvalue weighted by atomic mass is 127. The number of rotatable bonds is 8. The van der Waals surface area contributed by atoms with Gasteiger partial charge < -0.3 is 25.8 Å². The summed E-state index contributed by atoms with van der Waals surface area (Å²) in [4.78, 5) is 8.36. The first kappa shape index (κ1) is 23.5. The second kappa shape index (κ2) is 12.0. The van der Waals surface area contributed by atoms with Crippen molar-refractivity contribution < 1.29 is 9.84 Å². The van der Waals surface area contributed by atoms with Gasteiger partial charge in [-0.1, -0.05) is 23.2 Å². The minimum Gasteiger partial charge on any atom is -0.396 e. The van der Waals surface area contributed by atoms with Crippen molar-refractivity contribution in [1.82, 2.24) is 15.6 Å². The predicted molar refractivity (Wildman–Crippen MR) is 117 cm³/mol. The third-order valence-corrected chi connectivity index (χ3v) is 4.69. The van der Waals surface area contributed by atoms with Gasteiger partial charge in [-0.2, -0.15) is 0 Å². The quantitative estimate of drug-likeness (QED) is 0.183. The standard InChI is InChI=1S/C16H25Cl2N5O2.HI/c1-19-15(23-10-16(2-6-24)3-7-25-11-16)21-5-4-20-14-13(18)8-12(17)9-22-14;/h8-9,24H,2-7,10-11H2,1H3,(H,20,22)(H2,19,21,23);1H. The second-order valence-electron chi connectivity index (χ2n) is 6.04. The summed E-state index contributed by atoms with van der Waals surface area (Å²) in [7, 11) is 1.73. The Bertz CT molecular complexity index is 586. The number of nitrogens with one attached hydrogen (secondary N) is 3. The van der Waals surface area contributed by atoms with Crippen molar-refractivity contribution in [2.24, 2.45) is 10.4 Å². The number of aliphatic imine (C=N–C) groups is 1. The minimum absolute atomic E-state index is 0. The van der Waals surface area contributed by atoms with Gasteiger partial charge >= 0.3 is 0 Å². The van der Waals surface area contributed by atoms with E-state index in [0.717, 1.165) is 19.4 Å². The fourth-order valence-corrected chi connectivity index (χ4v) is 3.16. The summed E-state index contributed by atoms with van der Waals surface area (Å²) in [5.74, 6) is 1.31. The molecule has 0 aromatic carbocycles. The van der Waals surface area contributed by atoms with Crippen LogP contribution in [0.4, 0.5) is 5.82 Å². The van der Waals surface area contributed by atoms with Crippen LogP contribution in [-0.2, 0) is 4.74 Å². The topological polar surface area (TPSA) is 90.8 Å². The molecule has 0 amide bonds. The van der Waals surface area contributed by atoms with Crippen LogP contribution >= 0.6 is 47.2 Å². The summed E-state index contributed by atoms with van der Waals surface area (Å²) in [6.45, 7) is 3.55. The monoisotopic (exact) mass is 517 g/mol. The molecule has 10 heteroatoms. The average Bonchev–Trinajstić information content (AvgIpc) is 3.05. The Morgan fingerprint density at radius 2 is 2.19 bits per heavy atom. The fourth-order valence-electron chi connectivity index (χ4n) is 2.71. The maximum Gasteiger partial charge on any atom is 0.191 e. The minimum atomic E-state index is -0.0224. The van der Waals surface area contributed by atoms with Gasteiger partial charge in [0, 0.05) is 51.5 Å². The highest BCUT2D eigenvalue weighted by molar-refractivity contribution is 14.0. The largest absolute Gasteiger partial charge is 0.396 e. The summed E-state index contributed by atoms with van der Waals surface area (Å²) < 4.78 is 5.50. The van der Waals surface area contributed by atoms with Crippen LogP contribution in [0.15, 0.2) is 17.3 Å². The SMILES string of the molecule is CN=C(NCCNc1ncc(Cl)cc1Cl)NCC1(CCO)CCOC1.I. The number of aromatic nitrogens is 1. The van der Waals surface area contributed by atoms with E-state index < -0.39 is 0 Å². The zero-order valence-electron chi connectivity index (χ0n) is 14.7. The molecular formula is C16H26Cl2IN5O2. The Labute approximate surface area is 181 Å². The molecule has 7 nitrogen and oxygen atoms in total. The molecular weight excluding hydrogens is 492 g/mol. The Morgan fingerprint density at radius 3 is 2.81 bits per heavy atom. The molecule has 1 aromatic rings. The highest BCUT2D eigenvalue weighted by Gasteiger charge is 2.34. The van der Waals surface area contributed by atoms with Crippen molar-refractivity contribution in [2.45, 2.75) is 12.8 Å². The van der Waals surface area contributed by atoms with E-state index in [2.05, 4.69) is 25.9 Å². The summed E-state index contributed by atoms with van der Waals surface area (Å²) >= 11 is 11.9. The number of aliphatic hydroxyl groups is 1. The van der Waals surface area contributed by atoms with Gasteiger partial charge in [-0.05, 0) is 18.9 Å². The molecule has 0 aliphatic carbocycles. The van der Waals surface area contributed by atoms with Crippen LogP contribution in [0.5, 0.6) is 0 Å².